The number of carbonyl (C=O) groups excluding carboxylic acids is 1. The topological polar surface area (TPSA) is 92.5 Å². The second-order valence-electron chi connectivity index (χ2n) is 4.89. The quantitative estimate of drug-likeness (QED) is 0.769. The molecule has 1 atom stereocenters. The van der Waals surface area contributed by atoms with Crippen LogP contribution in [0.3, 0.4) is 0 Å². The van der Waals surface area contributed by atoms with Crippen molar-refractivity contribution in [3.63, 3.8) is 0 Å². The van der Waals surface area contributed by atoms with Gasteiger partial charge in [-0.25, -0.2) is 12.7 Å². The third kappa shape index (κ3) is 4.13. The van der Waals surface area contributed by atoms with E-state index in [1.54, 1.807) is 25.1 Å². The zero-order valence-corrected chi connectivity index (χ0v) is 13.3. The number of anilines is 1. The fourth-order valence-electron chi connectivity index (χ4n) is 1.67. The van der Waals surface area contributed by atoms with Crippen LogP contribution < -0.4 is 11.1 Å². The molecule has 0 aromatic heterocycles. The molecule has 0 saturated heterocycles. The molecule has 0 fully saturated rings. The lowest BCUT2D eigenvalue weighted by atomic mass is 10.2. The fourth-order valence-corrected chi connectivity index (χ4v) is 2.82. The maximum absolute atomic E-state index is 12.2. The van der Waals surface area contributed by atoms with Crippen molar-refractivity contribution < 1.29 is 13.2 Å². The van der Waals surface area contributed by atoms with Crippen molar-refractivity contribution in [1.29, 1.82) is 0 Å². The van der Waals surface area contributed by atoms with Crippen LogP contribution in [0.25, 0.3) is 0 Å². The minimum atomic E-state index is -3.56. The van der Waals surface area contributed by atoms with Crippen LogP contribution in [-0.2, 0) is 14.8 Å². The van der Waals surface area contributed by atoms with Gasteiger partial charge in [0.25, 0.3) is 0 Å². The number of amides is 1. The van der Waals surface area contributed by atoms with E-state index in [1.165, 1.54) is 20.2 Å². The monoisotopic (exact) mass is 311 g/mol. The van der Waals surface area contributed by atoms with Gasteiger partial charge in [0.05, 0.1) is 10.9 Å². The van der Waals surface area contributed by atoms with Gasteiger partial charge in [0.1, 0.15) is 0 Å². The summed E-state index contributed by atoms with van der Waals surface area (Å²) in [5, 5.41) is 2.61. The molecule has 0 radical (unpaired) electrons. The Labute approximate surface area is 125 Å². The Morgan fingerprint density at radius 1 is 1.48 bits per heavy atom. The largest absolute Gasteiger partial charge is 0.325 e. The maximum atomic E-state index is 12.2. The van der Waals surface area contributed by atoms with E-state index in [2.05, 4.69) is 11.9 Å². The van der Waals surface area contributed by atoms with Crippen molar-refractivity contribution in [2.75, 3.05) is 19.4 Å². The van der Waals surface area contributed by atoms with Gasteiger partial charge in [0, 0.05) is 19.8 Å². The number of sulfonamides is 1. The Kier molecular flexibility index (Phi) is 5.65. The summed E-state index contributed by atoms with van der Waals surface area (Å²) in [5.41, 5.74) is 6.67. The van der Waals surface area contributed by atoms with Crippen LogP contribution in [0.15, 0.2) is 35.7 Å². The van der Waals surface area contributed by atoms with Crippen LogP contribution in [0, 0.1) is 6.92 Å². The van der Waals surface area contributed by atoms with Gasteiger partial charge >= 0.3 is 0 Å². The summed E-state index contributed by atoms with van der Waals surface area (Å²) in [5.74, 6) is -0.382. The zero-order chi connectivity index (χ0) is 16.2. The molecule has 6 nitrogen and oxygen atoms in total. The Hall–Kier alpha value is -1.70. The number of nitrogens with two attached hydrogens (primary N) is 1. The van der Waals surface area contributed by atoms with Crippen molar-refractivity contribution in [2.45, 2.75) is 24.3 Å². The van der Waals surface area contributed by atoms with E-state index < -0.39 is 16.1 Å². The third-order valence-corrected chi connectivity index (χ3v) is 4.93. The van der Waals surface area contributed by atoms with Gasteiger partial charge in [0.15, 0.2) is 0 Å². The van der Waals surface area contributed by atoms with E-state index in [1.807, 2.05) is 0 Å². The van der Waals surface area contributed by atoms with E-state index in [-0.39, 0.29) is 10.8 Å². The minimum absolute atomic E-state index is 0.155. The lowest BCUT2D eigenvalue weighted by Gasteiger charge is -2.16. The van der Waals surface area contributed by atoms with Gasteiger partial charge < -0.3 is 11.1 Å². The zero-order valence-electron chi connectivity index (χ0n) is 12.5. The predicted molar refractivity (Wildman–Crippen MR) is 83.5 cm³/mol. The molecule has 0 spiro atoms. The number of nitrogens with zero attached hydrogens (tertiary/aromatic N) is 1. The molecule has 0 saturated carbocycles. The third-order valence-electron chi connectivity index (χ3n) is 2.97. The highest BCUT2D eigenvalue weighted by atomic mass is 32.2. The van der Waals surface area contributed by atoms with Gasteiger partial charge in [-0.2, -0.15) is 0 Å². The molecule has 0 heterocycles. The Bertz CT molecular complexity index is 639. The average Bonchev–Trinajstić information content (AvgIpc) is 2.40. The highest BCUT2D eigenvalue weighted by molar-refractivity contribution is 7.89. The highest BCUT2D eigenvalue weighted by Crippen LogP contribution is 2.22. The smallest absolute Gasteiger partial charge is 0.242 e. The SMILES string of the molecule is C=CCC(N)C(=O)Nc1ccc(C)c(S(=O)(=O)N(C)C)c1. The summed E-state index contributed by atoms with van der Waals surface area (Å²) in [6.07, 6.45) is 1.90. The Balaban J connectivity index is 3.08. The Morgan fingerprint density at radius 2 is 2.10 bits per heavy atom. The molecule has 7 heteroatoms. The van der Waals surface area contributed by atoms with Crippen LogP contribution >= 0.6 is 0 Å². The number of hydrogen-bond acceptors (Lipinski definition) is 4. The molecule has 0 aliphatic carbocycles. The first kappa shape index (κ1) is 17.4. The lowest BCUT2D eigenvalue weighted by Crippen LogP contribution is -2.35. The number of aryl methyl sites for hydroxylation is 1. The summed E-state index contributed by atoms with van der Waals surface area (Å²) in [4.78, 5) is 12.0. The summed E-state index contributed by atoms with van der Waals surface area (Å²) in [6, 6.07) is 4.01. The van der Waals surface area contributed by atoms with Gasteiger partial charge in [-0.15, -0.1) is 6.58 Å². The van der Waals surface area contributed by atoms with Crippen molar-refractivity contribution in [2.24, 2.45) is 5.73 Å². The van der Waals surface area contributed by atoms with Crippen LogP contribution in [0.1, 0.15) is 12.0 Å². The van der Waals surface area contributed by atoms with Crippen molar-refractivity contribution in [3.8, 4) is 0 Å². The molecular formula is C14H21N3O3S. The molecular weight excluding hydrogens is 290 g/mol. The summed E-state index contributed by atoms with van der Waals surface area (Å²) in [7, 11) is -0.645. The molecule has 1 amide bonds. The lowest BCUT2D eigenvalue weighted by molar-refractivity contribution is -0.117. The van der Waals surface area contributed by atoms with Gasteiger partial charge in [-0.1, -0.05) is 12.1 Å². The van der Waals surface area contributed by atoms with Crippen molar-refractivity contribution in [1.82, 2.24) is 4.31 Å². The van der Waals surface area contributed by atoms with Gasteiger partial charge in [-0.3, -0.25) is 4.79 Å². The number of benzene rings is 1. The first-order chi connectivity index (χ1) is 9.70. The standard InChI is InChI=1S/C14H21N3O3S/c1-5-6-12(15)14(18)16-11-8-7-10(2)13(9-11)21(19,20)17(3)4/h5,7-9,12H,1,6,15H2,2-4H3,(H,16,18). The molecule has 0 aliphatic heterocycles. The van der Waals surface area contributed by atoms with Gasteiger partial charge in [0.2, 0.25) is 15.9 Å². The molecule has 3 N–H and O–H groups in total. The average molecular weight is 311 g/mol. The minimum Gasteiger partial charge on any atom is -0.325 e. The van der Waals surface area contributed by atoms with Crippen molar-refractivity contribution in [3.05, 3.63) is 36.4 Å². The normalized spacial score (nSPS) is 13.0. The number of nitrogens with one attached hydrogen (secondary N) is 1. The molecule has 1 aromatic carbocycles. The van der Waals surface area contributed by atoms with Crippen LogP contribution in [0.2, 0.25) is 0 Å². The fraction of sp³-hybridized carbons (Fsp3) is 0.357. The second kappa shape index (κ2) is 6.84. The maximum Gasteiger partial charge on any atom is 0.242 e. The second-order valence-corrected chi connectivity index (χ2v) is 7.01. The molecule has 1 rings (SSSR count). The van der Waals surface area contributed by atoms with E-state index in [0.717, 1.165) is 4.31 Å². The van der Waals surface area contributed by atoms with Gasteiger partial charge in [-0.05, 0) is 31.0 Å². The first-order valence-corrected chi connectivity index (χ1v) is 7.84. The van der Waals surface area contributed by atoms with E-state index in [9.17, 15) is 13.2 Å². The summed E-state index contributed by atoms with van der Waals surface area (Å²) >= 11 is 0. The molecule has 0 bridgehead atoms. The highest BCUT2D eigenvalue weighted by Gasteiger charge is 2.21. The number of hydrogen-bond donors (Lipinski definition) is 2. The van der Waals surface area contributed by atoms with E-state index >= 15 is 0 Å². The number of carbonyl (C=O) groups is 1. The molecule has 1 unspecified atom stereocenters. The van der Waals surface area contributed by atoms with Crippen LogP contribution in [0.5, 0.6) is 0 Å². The van der Waals surface area contributed by atoms with E-state index in [0.29, 0.717) is 17.7 Å². The summed E-state index contributed by atoms with van der Waals surface area (Å²) < 4.78 is 25.5. The Morgan fingerprint density at radius 3 is 2.62 bits per heavy atom. The van der Waals surface area contributed by atoms with Crippen molar-refractivity contribution >= 4 is 21.6 Å². The van der Waals surface area contributed by atoms with Crippen LogP contribution in [0.4, 0.5) is 5.69 Å². The predicted octanol–water partition coefficient (Wildman–Crippen LogP) is 1.09. The molecule has 1 aromatic rings. The van der Waals surface area contributed by atoms with Crippen LogP contribution in [-0.4, -0.2) is 38.8 Å². The molecule has 21 heavy (non-hydrogen) atoms. The van der Waals surface area contributed by atoms with E-state index in [4.69, 9.17) is 5.73 Å². The molecule has 116 valence electrons. The molecule has 0 aliphatic rings. The number of rotatable bonds is 6. The summed E-state index contributed by atoms with van der Waals surface area (Å²) in [6.45, 7) is 5.22. The first-order valence-electron chi connectivity index (χ1n) is 6.40.